The number of ether oxygens (including phenoxy) is 1. The Balaban J connectivity index is 1.21. The molecule has 1 N–H and O–H groups in total. The van der Waals surface area contributed by atoms with Gasteiger partial charge in [0.25, 0.3) is 5.56 Å². The molecule has 3 aliphatic heterocycles. The number of piperazine rings is 1. The summed E-state index contributed by atoms with van der Waals surface area (Å²) < 4.78 is 34.5. The van der Waals surface area contributed by atoms with E-state index < -0.39 is 16.1 Å². The average molecular weight is 572 g/mol. The number of nitrogens with zero attached hydrogens (tertiary/aromatic N) is 4. The van der Waals surface area contributed by atoms with Crippen LogP contribution in [0.2, 0.25) is 0 Å². The number of rotatable bonds is 6. The Bertz CT molecular complexity index is 1420. The molecule has 2 fully saturated rings. The molecule has 2 saturated heterocycles. The van der Waals surface area contributed by atoms with Gasteiger partial charge in [-0.2, -0.15) is 4.31 Å². The predicted molar refractivity (Wildman–Crippen MR) is 149 cm³/mol. The fourth-order valence-electron chi connectivity index (χ4n) is 6.04. The van der Waals surface area contributed by atoms with Crippen molar-refractivity contribution in [2.75, 3.05) is 46.4 Å². The Morgan fingerprint density at radius 2 is 1.65 bits per heavy atom. The zero-order valence-corrected chi connectivity index (χ0v) is 24.0. The van der Waals surface area contributed by atoms with Crippen LogP contribution >= 0.6 is 0 Å². The topological polar surface area (TPSA) is 121 Å². The molecule has 1 aromatic heterocycles. The number of carbonyl (C=O) groups excluding carboxylic acids is 2. The zero-order chi connectivity index (χ0) is 28.6. The van der Waals surface area contributed by atoms with E-state index in [4.69, 9.17) is 4.74 Å². The molecule has 0 spiro atoms. The molecule has 4 heterocycles. The van der Waals surface area contributed by atoms with Crippen LogP contribution < -0.4 is 15.6 Å². The maximum Gasteiger partial charge on any atom is 0.318 e. The second-order valence-corrected chi connectivity index (χ2v) is 13.1. The van der Waals surface area contributed by atoms with Crippen molar-refractivity contribution in [3.8, 4) is 5.75 Å². The molecule has 3 aliphatic rings. The summed E-state index contributed by atoms with van der Waals surface area (Å²) >= 11 is 0. The summed E-state index contributed by atoms with van der Waals surface area (Å²) in [5, 5.41) is 2.97. The van der Waals surface area contributed by atoms with Gasteiger partial charge in [-0.05, 0) is 48.6 Å². The highest BCUT2D eigenvalue weighted by molar-refractivity contribution is 7.89. The van der Waals surface area contributed by atoms with Crippen LogP contribution in [0.4, 0.5) is 4.79 Å². The minimum Gasteiger partial charge on any atom is -0.497 e. The Morgan fingerprint density at radius 3 is 2.30 bits per heavy atom. The van der Waals surface area contributed by atoms with Crippen molar-refractivity contribution in [3.63, 3.8) is 0 Å². The maximum absolute atomic E-state index is 13.5. The van der Waals surface area contributed by atoms with Crippen molar-refractivity contribution in [2.24, 2.45) is 11.8 Å². The van der Waals surface area contributed by atoms with Gasteiger partial charge >= 0.3 is 6.03 Å². The summed E-state index contributed by atoms with van der Waals surface area (Å²) in [6.07, 6.45) is 0.934. The first-order valence-electron chi connectivity index (χ1n) is 13.8. The molecular formula is C28H37N5O6S. The molecule has 1 unspecified atom stereocenters. The molecule has 216 valence electrons. The summed E-state index contributed by atoms with van der Waals surface area (Å²) in [6, 6.07) is 10.5. The van der Waals surface area contributed by atoms with E-state index in [9.17, 15) is 22.8 Å². The Labute approximate surface area is 234 Å². The lowest BCUT2D eigenvalue weighted by Crippen LogP contribution is -2.59. The van der Waals surface area contributed by atoms with Crippen molar-refractivity contribution in [3.05, 3.63) is 58.5 Å². The first kappa shape index (κ1) is 28.2. The van der Waals surface area contributed by atoms with Crippen molar-refractivity contribution in [1.82, 2.24) is 24.0 Å². The number of pyridine rings is 1. The number of hydrogen-bond acceptors (Lipinski definition) is 6. The molecular weight excluding hydrogens is 534 g/mol. The van der Waals surface area contributed by atoms with Crippen LogP contribution in [0.25, 0.3) is 0 Å². The lowest BCUT2D eigenvalue weighted by Gasteiger charge is -2.43. The number of piperidine rings is 1. The molecule has 3 amide bonds. The highest BCUT2D eigenvalue weighted by Crippen LogP contribution is 2.35. The SMILES string of the molecule is COc1ccc(S(=O)(=O)N2CCN(C(=O)[C@@H](NC(=O)N3CC4C[C@H](C3)Cn3c4cccc3=O)C(C)C)CC2)cc1. The summed E-state index contributed by atoms with van der Waals surface area (Å²) in [5.41, 5.74) is 0.952. The van der Waals surface area contributed by atoms with Crippen molar-refractivity contribution in [1.29, 1.82) is 0 Å². The van der Waals surface area contributed by atoms with Crippen LogP contribution in [-0.4, -0.2) is 91.4 Å². The second kappa shape index (κ2) is 11.2. The van der Waals surface area contributed by atoms with E-state index >= 15 is 0 Å². The fraction of sp³-hybridized carbons (Fsp3) is 0.536. The van der Waals surface area contributed by atoms with E-state index in [2.05, 4.69) is 5.32 Å². The molecule has 40 heavy (non-hydrogen) atoms. The quantitative estimate of drug-likeness (QED) is 0.562. The number of amides is 3. The molecule has 11 nitrogen and oxygen atoms in total. The molecule has 2 aromatic rings. The molecule has 0 aliphatic carbocycles. The standard InChI is InChI=1S/C28H37N5O6S/c1-19(2)26(29-28(36)31-16-20-15-21(18-31)24-5-4-6-25(34)33(24)17-20)27(35)30-11-13-32(14-12-30)40(37,38)23-9-7-22(39-3)8-10-23/h4-10,19-21,26H,11-18H2,1-3H3,(H,29,36)/t20-,21?,26+/m1/s1. The third-order valence-corrected chi connectivity index (χ3v) is 10.1. The van der Waals surface area contributed by atoms with Crippen LogP contribution in [0, 0.1) is 11.8 Å². The van der Waals surface area contributed by atoms with E-state index in [1.165, 1.54) is 23.5 Å². The minimum absolute atomic E-state index is 0.00698. The molecule has 3 atom stereocenters. The highest BCUT2D eigenvalue weighted by Gasteiger charge is 2.39. The van der Waals surface area contributed by atoms with Gasteiger partial charge in [-0.15, -0.1) is 0 Å². The van der Waals surface area contributed by atoms with E-state index in [0.717, 1.165) is 12.1 Å². The number of methoxy groups -OCH3 is 1. The molecule has 0 saturated carbocycles. The van der Waals surface area contributed by atoms with Gasteiger partial charge in [-0.1, -0.05) is 19.9 Å². The van der Waals surface area contributed by atoms with Crippen molar-refractivity contribution >= 4 is 22.0 Å². The zero-order valence-electron chi connectivity index (χ0n) is 23.2. The summed E-state index contributed by atoms with van der Waals surface area (Å²) in [6.45, 7) is 6.23. The Morgan fingerprint density at radius 1 is 0.950 bits per heavy atom. The third-order valence-electron chi connectivity index (χ3n) is 8.23. The number of nitrogens with one attached hydrogen (secondary N) is 1. The molecule has 1 aromatic carbocycles. The number of fused-ring (bicyclic) bond motifs is 4. The maximum atomic E-state index is 13.5. The number of aromatic nitrogens is 1. The van der Waals surface area contributed by atoms with E-state index in [1.807, 2.05) is 24.5 Å². The first-order valence-corrected chi connectivity index (χ1v) is 15.2. The van der Waals surface area contributed by atoms with Gasteiger partial charge in [0.15, 0.2) is 0 Å². The number of benzene rings is 1. The van der Waals surface area contributed by atoms with Crippen LogP contribution in [0.5, 0.6) is 5.75 Å². The first-order chi connectivity index (χ1) is 19.1. The van der Waals surface area contributed by atoms with Crippen molar-refractivity contribution in [2.45, 2.75) is 43.7 Å². The highest BCUT2D eigenvalue weighted by atomic mass is 32.2. The van der Waals surface area contributed by atoms with Gasteiger partial charge < -0.3 is 24.4 Å². The van der Waals surface area contributed by atoms with Crippen LogP contribution in [0.15, 0.2) is 52.2 Å². The fourth-order valence-corrected chi connectivity index (χ4v) is 7.46. The number of carbonyl (C=O) groups is 2. The minimum atomic E-state index is -3.70. The van der Waals surface area contributed by atoms with Gasteiger partial charge in [-0.3, -0.25) is 9.59 Å². The van der Waals surface area contributed by atoms with E-state index in [-0.39, 0.29) is 66.3 Å². The Hall–Kier alpha value is -3.38. The predicted octanol–water partition coefficient (Wildman–Crippen LogP) is 1.54. The van der Waals surface area contributed by atoms with E-state index in [0.29, 0.717) is 25.4 Å². The normalized spacial score (nSPS) is 22.0. The lowest BCUT2D eigenvalue weighted by atomic mass is 9.83. The molecule has 5 rings (SSSR count). The lowest BCUT2D eigenvalue weighted by molar-refractivity contribution is -0.135. The number of likely N-dealkylation sites (tertiary alicyclic amines) is 1. The van der Waals surface area contributed by atoms with Crippen molar-refractivity contribution < 1.29 is 22.7 Å². The Kier molecular flexibility index (Phi) is 7.92. The second-order valence-electron chi connectivity index (χ2n) is 11.2. The van der Waals surface area contributed by atoms with Gasteiger partial charge in [0, 0.05) is 63.5 Å². The molecule has 2 bridgehead atoms. The van der Waals surface area contributed by atoms with Gasteiger partial charge in [0.05, 0.1) is 12.0 Å². The van der Waals surface area contributed by atoms with Gasteiger partial charge in [0.2, 0.25) is 15.9 Å². The smallest absolute Gasteiger partial charge is 0.318 e. The number of sulfonamides is 1. The summed E-state index contributed by atoms with van der Waals surface area (Å²) in [5.74, 6) is 0.483. The average Bonchev–Trinajstić information content (AvgIpc) is 2.96. The van der Waals surface area contributed by atoms with E-state index in [1.54, 1.807) is 34.1 Å². The summed E-state index contributed by atoms with van der Waals surface area (Å²) in [4.78, 5) is 42.8. The molecule has 0 radical (unpaired) electrons. The van der Waals surface area contributed by atoms with Crippen LogP contribution in [0.3, 0.4) is 0 Å². The monoisotopic (exact) mass is 571 g/mol. The summed E-state index contributed by atoms with van der Waals surface area (Å²) in [7, 11) is -2.17. The largest absolute Gasteiger partial charge is 0.497 e. The molecule has 12 heteroatoms. The number of hydrogen-bond donors (Lipinski definition) is 1. The van der Waals surface area contributed by atoms with Gasteiger partial charge in [-0.25, -0.2) is 13.2 Å². The van der Waals surface area contributed by atoms with Crippen LogP contribution in [0.1, 0.15) is 31.9 Å². The van der Waals surface area contributed by atoms with Gasteiger partial charge in [0.1, 0.15) is 11.8 Å². The number of urea groups is 1. The van der Waals surface area contributed by atoms with Crippen LogP contribution in [-0.2, 0) is 21.4 Å². The third kappa shape index (κ3) is 5.46.